The summed E-state index contributed by atoms with van der Waals surface area (Å²) in [6.07, 6.45) is 0. The van der Waals surface area contributed by atoms with Gasteiger partial charge in [0.2, 0.25) is 0 Å². The van der Waals surface area contributed by atoms with Gasteiger partial charge in [0, 0.05) is 43.6 Å². The molecule has 1 aliphatic rings. The monoisotopic (exact) mass is 324 g/mol. The number of carbonyl (C=O) groups is 1. The van der Waals surface area contributed by atoms with Gasteiger partial charge in [-0.2, -0.15) is 0 Å². The maximum Gasteiger partial charge on any atom is 0.254 e. The Labute approximate surface area is 123 Å². The molecule has 1 heterocycles. The summed E-state index contributed by atoms with van der Waals surface area (Å²) in [5.41, 5.74) is 3.15. The molecule has 0 aliphatic carbocycles. The summed E-state index contributed by atoms with van der Waals surface area (Å²) in [6.45, 7) is 8.76. The van der Waals surface area contributed by atoms with Crippen LogP contribution >= 0.6 is 15.9 Å². The maximum atomic E-state index is 12.5. The van der Waals surface area contributed by atoms with Gasteiger partial charge in [-0.1, -0.05) is 28.1 Å². The molecule has 0 spiro atoms. The molecule has 0 unspecified atom stereocenters. The third kappa shape index (κ3) is 3.37. The summed E-state index contributed by atoms with van der Waals surface area (Å²) in [5.74, 6) is 0.180. The van der Waals surface area contributed by atoms with Crippen molar-refractivity contribution in [3.05, 3.63) is 34.9 Å². The first kappa shape index (κ1) is 14.5. The van der Waals surface area contributed by atoms with Crippen LogP contribution in [-0.4, -0.2) is 53.8 Å². The van der Waals surface area contributed by atoms with Crippen LogP contribution < -0.4 is 0 Å². The minimum Gasteiger partial charge on any atom is -0.336 e. The molecule has 1 fully saturated rings. The summed E-state index contributed by atoms with van der Waals surface area (Å²) >= 11 is 3.46. The van der Waals surface area contributed by atoms with E-state index in [0.717, 1.165) is 49.2 Å². The Kier molecular flexibility index (Phi) is 4.99. The molecule has 0 aromatic heterocycles. The topological polar surface area (TPSA) is 23.6 Å². The van der Waals surface area contributed by atoms with Gasteiger partial charge in [0.15, 0.2) is 0 Å². The number of alkyl halides is 1. The van der Waals surface area contributed by atoms with E-state index in [4.69, 9.17) is 0 Å². The molecule has 1 aromatic rings. The Morgan fingerprint density at radius 1 is 1.21 bits per heavy atom. The Balaban J connectivity index is 2.03. The van der Waals surface area contributed by atoms with E-state index in [1.807, 2.05) is 24.0 Å². The van der Waals surface area contributed by atoms with Gasteiger partial charge < -0.3 is 4.90 Å². The van der Waals surface area contributed by atoms with Crippen LogP contribution in [0.4, 0.5) is 0 Å². The second-order valence-electron chi connectivity index (χ2n) is 5.07. The fourth-order valence-electron chi connectivity index (χ4n) is 2.45. The first-order valence-corrected chi connectivity index (χ1v) is 7.89. The number of rotatable bonds is 3. The molecule has 3 nitrogen and oxygen atoms in total. The van der Waals surface area contributed by atoms with E-state index in [0.29, 0.717) is 0 Å². The van der Waals surface area contributed by atoms with E-state index in [-0.39, 0.29) is 5.91 Å². The first-order chi connectivity index (χ1) is 9.13. The number of nitrogens with zero attached hydrogens (tertiary/aromatic N) is 2. The lowest BCUT2D eigenvalue weighted by molar-refractivity contribution is 0.0644. The minimum atomic E-state index is 0.180. The lowest BCUT2D eigenvalue weighted by Crippen LogP contribution is -2.49. The quantitative estimate of drug-likeness (QED) is 0.797. The van der Waals surface area contributed by atoms with Gasteiger partial charge >= 0.3 is 0 Å². The van der Waals surface area contributed by atoms with Crippen LogP contribution in [0.3, 0.4) is 0 Å². The summed E-state index contributed by atoms with van der Waals surface area (Å²) in [4.78, 5) is 16.9. The molecule has 0 N–H and O–H groups in total. The van der Waals surface area contributed by atoms with Crippen molar-refractivity contribution in [2.24, 2.45) is 0 Å². The van der Waals surface area contributed by atoms with Gasteiger partial charge in [0.05, 0.1) is 0 Å². The molecule has 4 heteroatoms. The molecule has 1 saturated heterocycles. The third-order valence-corrected chi connectivity index (χ3v) is 4.25. The Bertz CT molecular complexity index is 453. The lowest BCUT2D eigenvalue weighted by Gasteiger charge is -2.34. The number of aryl methyl sites for hydroxylation is 1. The highest BCUT2D eigenvalue weighted by Crippen LogP contribution is 2.16. The standard InChI is InChI=1S/C15H21BrN2O/c1-12-4-3-5-14(13(12)2)15(19)18-10-8-17(7-6-16)9-11-18/h3-5H,6-11H2,1-2H3. The van der Waals surface area contributed by atoms with Crippen molar-refractivity contribution >= 4 is 21.8 Å². The van der Waals surface area contributed by atoms with Crippen molar-refractivity contribution in [2.45, 2.75) is 13.8 Å². The molecule has 1 amide bonds. The molecule has 1 aromatic carbocycles. The molecule has 0 saturated carbocycles. The summed E-state index contributed by atoms with van der Waals surface area (Å²) in [7, 11) is 0. The molecule has 2 rings (SSSR count). The van der Waals surface area contributed by atoms with Gasteiger partial charge in [-0.3, -0.25) is 9.69 Å². The summed E-state index contributed by atoms with van der Waals surface area (Å²) in [6, 6.07) is 5.96. The van der Waals surface area contributed by atoms with Gasteiger partial charge in [-0.25, -0.2) is 0 Å². The fourth-order valence-corrected chi connectivity index (χ4v) is 2.95. The highest BCUT2D eigenvalue weighted by molar-refractivity contribution is 9.09. The van der Waals surface area contributed by atoms with Crippen molar-refractivity contribution in [1.29, 1.82) is 0 Å². The van der Waals surface area contributed by atoms with Crippen molar-refractivity contribution < 1.29 is 4.79 Å². The van der Waals surface area contributed by atoms with Crippen LogP contribution in [0.5, 0.6) is 0 Å². The van der Waals surface area contributed by atoms with Crippen LogP contribution in [0.15, 0.2) is 18.2 Å². The fraction of sp³-hybridized carbons (Fsp3) is 0.533. The third-order valence-electron chi connectivity index (χ3n) is 3.90. The van der Waals surface area contributed by atoms with Crippen LogP contribution in [-0.2, 0) is 0 Å². The van der Waals surface area contributed by atoms with Crippen molar-refractivity contribution in [3.8, 4) is 0 Å². The molecule has 1 aliphatic heterocycles. The smallest absolute Gasteiger partial charge is 0.254 e. The van der Waals surface area contributed by atoms with Gasteiger partial charge in [0.1, 0.15) is 0 Å². The van der Waals surface area contributed by atoms with Crippen molar-refractivity contribution in [1.82, 2.24) is 9.80 Å². The number of carbonyl (C=O) groups excluding carboxylic acids is 1. The Morgan fingerprint density at radius 3 is 2.53 bits per heavy atom. The van der Waals surface area contributed by atoms with E-state index < -0.39 is 0 Å². The summed E-state index contributed by atoms with van der Waals surface area (Å²) < 4.78 is 0. The van der Waals surface area contributed by atoms with Gasteiger partial charge in [0.25, 0.3) is 5.91 Å². The Hall–Kier alpha value is -0.870. The zero-order chi connectivity index (χ0) is 13.8. The molecule has 104 valence electrons. The van der Waals surface area contributed by atoms with Crippen LogP contribution in [0.2, 0.25) is 0 Å². The second kappa shape index (κ2) is 6.53. The van der Waals surface area contributed by atoms with Gasteiger partial charge in [-0.05, 0) is 31.0 Å². The highest BCUT2D eigenvalue weighted by Gasteiger charge is 2.22. The SMILES string of the molecule is Cc1cccc(C(=O)N2CCN(CCBr)CC2)c1C. The largest absolute Gasteiger partial charge is 0.336 e. The zero-order valence-corrected chi connectivity index (χ0v) is 13.2. The Morgan fingerprint density at radius 2 is 1.89 bits per heavy atom. The lowest BCUT2D eigenvalue weighted by atomic mass is 10.0. The molecular weight excluding hydrogens is 304 g/mol. The van der Waals surface area contributed by atoms with E-state index >= 15 is 0 Å². The predicted octanol–water partition coefficient (Wildman–Crippen LogP) is 2.46. The van der Waals surface area contributed by atoms with Crippen LogP contribution in [0.1, 0.15) is 21.5 Å². The first-order valence-electron chi connectivity index (χ1n) is 6.77. The van der Waals surface area contributed by atoms with E-state index in [1.165, 1.54) is 5.56 Å². The van der Waals surface area contributed by atoms with Crippen LogP contribution in [0, 0.1) is 13.8 Å². The highest BCUT2D eigenvalue weighted by atomic mass is 79.9. The summed E-state index contributed by atoms with van der Waals surface area (Å²) in [5, 5.41) is 0.998. The average Bonchev–Trinajstić information content (AvgIpc) is 2.42. The van der Waals surface area contributed by atoms with Gasteiger partial charge in [-0.15, -0.1) is 0 Å². The number of piperazine rings is 1. The average molecular weight is 325 g/mol. The number of hydrogen-bond donors (Lipinski definition) is 0. The number of amides is 1. The predicted molar refractivity (Wildman–Crippen MR) is 82.1 cm³/mol. The normalized spacial score (nSPS) is 16.7. The number of benzene rings is 1. The molecular formula is C15H21BrN2O. The van der Waals surface area contributed by atoms with Crippen LogP contribution in [0.25, 0.3) is 0 Å². The maximum absolute atomic E-state index is 12.5. The molecule has 0 atom stereocenters. The van der Waals surface area contributed by atoms with E-state index in [2.05, 4.69) is 33.8 Å². The number of halogens is 1. The van der Waals surface area contributed by atoms with Crippen molar-refractivity contribution in [2.75, 3.05) is 38.1 Å². The molecule has 0 bridgehead atoms. The van der Waals surface area contributed by atoms with E-state index in [9.17, 15) is 4.79 Å². The minimum absolute atomic E-state index is 0.180. The van der Waals surface area contributed by atoms with E-state index in [1.54, 1.807) is 0 Å². The second-order valence-corrected chi connectivity index (χ2v) is 5.86. The number of hydrogen-bond acceptors (Lipinski definition) is 2. The zero-order valence-electron chi connectivity index (χ0n) is 11.7. The molecule has 0 radical (unpaired) electrons. The molecule has 19 heavy (non-hydrogen) atoms. The van der Waals surface area contributed by atoms with Crippen molar-refractivity contribution in [3.63, 3.8) is 0 Å².